The highest BCUT2D eigenvalue weighted by molar-refractivity contribution is 5.88. The van der Waals surface area contributed by atoms with Crippen LogP contribution in [0.15, 0.2) is 24.3 Å². The van der Waals surface area contributed by atoms with Crippen LogP contribution in [0.25, 0.3) is 0 Å². The highest BCUT2D eigenvalue weighted by Gasteiger charge is 2.68. The largest absolute Gasteiger partial charge is 0.468 e. The minimum Gasteiger partial charge on any atom is -0.468 e. The Kier molecular flexibility index (Phi) is 2.30. The van der Waals surface area contributed by atoms with Crippen LogP contribution < -0.4 is 0 Å². The molecular formula is C13H15FO2. The molecule has 1 aromatic rings. The van der Waals surface area contributed by atoms with E-state index in [9.17, 15) is 9.18 Å². The quantitative estimate of drug-likeness (QED) is 0.719. The second-order valence-electron chi connectivity index (χ2n) is 4.96. The van der Waals surface area contributed by atoms with Gasteiger partial charge in [0.15, 0.2) is 0 Å². The van der Waals surface area contributed by atoms with Crippen LogP contribution in [0, 0.1) is 11.2 Å². The lowest BCUT2D eigenvalue weighted by Gasteiger charge is -2.18. The minimum absolute atomic E-state index is 0.113. The SMILES string of the molecule is COC(=O)C1(c2ccc(F)cc2)CC1(C)C. The summed E-state index contributed by atoms with van der Waals surface area (Å²) in [7, 11) is 1.39. The lowest BCUT2D eigenvalue weighted by molar-refractivity contribution is -0.144. The first-order valence-electron chi connectivity index (χ1n) is 5.28. The number of benzene rings is 1. The number of carbonyl (C=O) groups is 1. The lowest BCUT2D eigenvalue weighted by Crippen LogP contribution is -2.27. The maximum atomic E-state index is 12.9. The van der Waals surface area contributed by atoms with E-state index in [2.05, 4.69) is 0 Å². The molecule has 0 aliphatic heterocycles. The molecule has 16 heavy (non-hydrogen) atoms. The molecule has 0 radical (unpaired) electrons. The van der Waals surface area contributed by atoms with Crippen molar-refractivity contribution in [2.45, 2.75) is 25.7 Å². The van der Waals surface area contributed by atoms with Crippen LogP contribution in [0.1, 0.15) is 25.8 Å². The summed E-state index contributed by atoms with van der Waals surface area (Å²) in [6.07, 6.45) is 0.748. The van der Waals surface area contributed by atoms with Gasteiger partial charge in [-0.2, -0.15) is 0 Å². The van der Waals surface area contributed by atoms with E-state index in [0.29, 0.717) is 0 Å². The van der Waals surface area contributed by atoms with E-state index in [1.807, 2.05) is 13.8 Å². The average Bonchev–Trinajstić information content (AvgIpc) is 2.83. The van der Waals surface area contributed by atoms with Gasteiger partial charge in [-0.15, -0.1) is 0 Å². The van der Waals surface area contributed by atoms with Crippen molar-refractivity contribution in [3.05, 3.63) is 35.6 Å². The van der Waals surface area contributed by atoms with E-state index in [1.165, 1.54) is 19.2 Å². The Hall–Kier alpha value is -1.38. The van der Waals surface area contributed by atoms with Crippen molar-refractivity contribution in [2.75, 3.05) is 7.11 Å². The smallest absolute Gasteiger partial charge is 0.316 e. The molecular weight excluding hydrogens is 207 g/mol. The number of hydrogen-bond donors (Lipinski definition) is 0. The molecule has 0 amide bonds. The van der Waals surface area contributed by atoms with Gasteiger partial charge in [0.2, 0.25) is 0 Å². The Morgan fingerprint density at radius 2 is 1.81 bits per heavy atom. The molecule has 2 nitrogen and oxygen atoms in total. The van der Waals surface area contributed by atoms with Gasteiger partial charge in [-0.3, -0.25) is 4.79 Å². The third-order valence-electron chi connectivity index (χ3n) is 3.61. The van der Waals surface area contributed by atoms with Crippen molar-refractivity contribution in [2.24, 2.45) is 5.41 Å². The van der Waals surface area contributed by atoms with Crippen LogP contribution in [0.5, 0.6) is 0 Å². The summed E-state index contributed by atoms with van der Waals surface area (Å²) in [5.41, 5.74) is 0.138. The van der Waals surface area contributed by atoms with Crippen LogP contribution in [-0.2, 0) is 14.9 Å². The Morgan fingerprint density at radius 3 is 2.19 bits per heavy atom. The molecule has 0 saturated heterocycles. The number of halogens is 1. The van der Waals surface area contributed by atoms with Gasteiger partial charge in [0.1, 0.15) is 5.82 Å². The minimum atomic E-state index is -0.588. The lowest BCUT2D eigenvalue weighted by atomic mass is 9.88. The summed E-state index contributed by atoms with van der Waals surface area (Å²) in [4.78, 5) is 11.9. The van der Waals surface area contributed by atoms with Gasteiger partial charge in [-0.1, -0.05) is 26.0 Å². The average molecular weight is 222 g/mol. The van der Waals surface area contributed by atoms with Gasteiger partial charge in [0.25, 0.3) is 0 Å². The van der Waals surface area contributed by atoms with E-state index < -0.39 is 5.41 Å². The van der Waals surface area contributed by atoms with Gasteiger partial charge in [-0.05, 0) is 29.5 Å². The van der Waals surface area contributed by atoms with Crippen LogP contribution in [0.3, 0.4) is 0 Å². The fraction of sp³-hybridized carbons (Fsp3) is 0.462. The molecule has 3 heteroatoms. The van der Waals surface area contributed by atoms with E-state index in [0.717, 1.165) is 12.0 Å². The van der Waals surface area contributed by atoms with Crippen molar-refractivity contribution in [3.8, 4) is 0 Å². The topological polar surface area (TPSA) is 26.3 Å². The maximum Gasteiger partial charge on any atom is 0.316 e. The van der Waals surface area contributed by atoms with Crippen LogP contribution in [0.4, 0.5) is 4.39 Å². The molecule has 0 spiro atoms. The standard InChI is InChI=1S/C13H15FO2/c1-12(2)8-13(12,11(15)16-3)9-4-6-10(14)7-5-9/h4-7H,8H2,1-3H3. The van der Waals surface area contributed by atoms with Gasteiger partial charge in [-0.25, -0.2) is 4.39 Å². The third kappa shape index (κ3) is 1.34. The first-order chi connectivity index (χ1) is 7.44. The molecule has 1 atom stereocenters. The summed E-state index contributed by atoms with van der Waals surface area (Å²) in [5.74, 6) is -0.522. The van der Waals surface area contributed by atoms with E-state index in [4.69, 9.17) is 4.74 Å². The molecule has 2 rings (SSSR count). The summed E-state index contributed by atoms with van der Waals surface area (Å²) < 4.78 is 17.7. The molecule has 1 saturated carbocycles. The molecule has 0 aromatic heterocycles. The van der Waals surface area contributed by atoms with E-state index in [-0.39, 0.29) is 17.2 Å². The van der Waals surface area contributed by atoms with Crippen molar-refractivity contribution < 1.29 is 13.9 Å². The molecule has 1 aliphatic rings. The molecule has 1 unspecified atom stereocenters. The first kappa shape index (κ1) is 11.1. The van der Waals surface area contributed by atoms with Crippen LogP contribution >= 0.6 is 0 Å². The van der Waals surface area contributed by atoms with Crippen molar-refractivity contribution in [1.29, 1.82) is 0 Å². The summed E-state index contributed by atoms with van der Waals surface area (Å²) in [6, 6.07) is 6.10. The fourth-order valence-electron chi connectivity index (χ4n) is 2.49. The molecule has 0 N–H and O–H groups in total. The summed E-state index contributed by atoms with van der Waals surface area (Å²) >= 11 is 0. The zero-order chi connectivity index (χ0) is 12.0. The number of carbonyl (C=O) groups excluding carboxylic acids is 1. The van der Waals surface area contributed by atoms with E-state index >= 15 is 0 Å². The predicted octanol–water partition coefficient (Wildman–Crippen LogP) is 2.67. The summed E-state index contributed by atoms with van der Waals surface area (Å²) in [6.45, 7) is 4.04. The zero-order valence-electron chi connectivity index (χ0n) is 9.71. The van der Waals surface area contributed by atoms with Gasteiger partial charge < -0.3 is 4.74 Å². The highest BCUT2D eigenvalue weighted by Crippen LogP contribution is 2.64. The Bertz CT molecular complexity index is 422. The Balaban J connectivity index is 2.43. The first-order valence-corrected chi connectivity index (χ1v) is 5.28. The number of hydrogen-bond acceptors (Lipinski definition) is 2. The summed E-state index contributed by atoms with van der Waals surface area (Å²) in [5, 5.41) is 0. The molecule has 0 heterocycles. The molecule has 0 bridgehead atoms. The number of ether oxygens (including phenoxy) is 1. The fourth-order valence-corrected chi connectivity index (χ4v) is 2.49. The molecule has 1 aromatic carbocycles. The third-order valence-corrected chi connectivity index (χ3v) is 3.61. The number of methoxy groups -OCH3 is 1. The second kappa shape index (κ2) is 3.30. The van der Waals surface area contributed by atoms with Crippen molar-refractivity contribution >= 4 is 5.97 Å². The Morgan fingerprint density at radius 1 is 1.31 bits per heavy atom. The van der Waals surface area contributed by atoms with E-state index in [1.54, 1.807) is 12.1 Å². The monoisotopic (exact) mass is 222 g/mol. The maximum absolute atomic E-state index is 12.9. The number of rotatable bonds is 2. The highest BCUT2D eigenvalue weighted by atomic mass is 19.1. The predicted molar refractivity (Wildman–Crippen MR) is 58.5 cm³/mol. The Labute approximate surface area is 94.4 Å². The molecule has 1 aliphatic carbocycles. The van der Waals surface area contributed by atoms with Crippen LogP contribution in [0.2, 0.25) is 0 Å². The van der Waals surface area contributed by atoms with Gasteiger partial charge >= 0.3 is 5.97 Å². The molecule has 1 fully saturated rings. The van der Waals surface area contributed by atoms with Crippen LogP contribution in [-0.4, -0.2) is 13.1 Å². The van der Waals surface area contributed by atoms with Crippen molar-refractivity contribution in [1.82, 2.24) is 0 Å². The van der Waals surface area contributed by atoms with Gasteiger partial charge in [0, 0.05) is 0 Å². The zero-order valence-corrected chi connectivity index (χ0v) is 9.71. The van der Waals surface area contributed by atoms with Crippen molar-refractivity contribution in [3.63, 3.8) is 0 Å². The number of esters is 1. The second-order valence-corrected chi connectivity index (χ2v) is 4.96. The van der Waals surface area contributed by atoms with Gasteiger partial charge in [0.05, 0.1) is 12.5 Å². The molecule has 86 valence electrons. The normalized spacial score (nSPS) is 26.2.